The minimum absolute atomic E-state index is 0.0295. The SMILES string of the molecule is CC1=NNC(=O)C1CCCl. The molecule has 0 radical (unpaired) electrons. The highest BCUT2D eigenvalue weighted by Gasteiger charge is 2.25. The number of rotatable bonds is 2. The lowest BCUT2D eigenvalue weighted by Gasteiger charge is -2.02. The highest BCUT2D eigenvalue weighted by molar-refractivity contribution is 6.18. The van der Waals surface area contributed by atoms with Crippen LogP contribution in [0.3, 0.4) is 0 Å². The van der Waals surface area contributed by atoms with Gasteiger partial charge in [-0.1, -0.05) is 0 Å². The normalized spacial score (nSPS) is 24.4. The van der Waals surface area contributed by atoms with Gasteiger partial charge in [0.2, 0.25) is 5.91 Å². The van der Waals surface area contributed by atoms with Gasteiger partial charge in [0.05, 0.1) is 5.92 Å². The van der Waals surface area contributed by atoms with Crippen LogP contribution in [-0.4, -0.2) is 17.5 Å². The van der Waals surface area contributed by atoms with Crippen molar-refractivity contribution in [2.24, 2.45) is 11.0 Å². The average Bonchev–Trinajstić information content (AvgIpc) is 2.20. The molecule has 1 aliphatic rings. The van der Waals surface area contributed by atoms with Crippen LogP contribution in [-0.2, 0) is 4.79 Å². The molecule has 1 atom stereocenters. The molecular formula is C6H9ClN2O. The van der Waals surface area contributed by atoms with Gasteiger partial charge in [-0.05, 0) is 13.3 Å². The summed E-state index contributed by atoms with van der Waals surface area (Å²) in [6.07, 6.45) is 0.683. The van der Waals surface area contributed by atoms with Crippen LogP contribution in [0.5, 0.6) is 0 Å². The van der Waals surface area contributed by atoms with Gasteiger partial charge in [-0.25, -0.2) is 5.43 Å². The van der Waals surface area contributed by atoms with Crippen molar-refractivity contribution in [3.8, 4) is 0 Å². The van der Waals surface area contributed by atoms with Crippen LogP contribution < -0.4 is 5.43 Å². The molecule has 3 nitrogen and oxygen atoms in total. The lowest BCUT2D eigenvalue weighted by Crippen LogP contribution is -2.22. The molecule has 1 heterocycles. The van der Waals surface area contributed by atoms with Gasteiger partial charge in [0, 0.05) is 11.6 Å². The maximum Gasteiger partial charge on any atom is 0.248 e. The van der Waals surface area contributed by atoms with Crippen LogP contribution in [0.15, 0.2) is 5.10 Å². The third-order valence-corrected chi connectivity index (χ3v) is 1.78. The largest absolute Gasteiger partial charge is 0.272 e. The summed E-state index contributed by atoms with van der Waals surface area (Å²) in [4.78, 5) is 10.9. The van der Waals surface area contributed by atoms with Crippen molar-refractivity contribution in [3.63, 3.8) is 0 Å². The molecule has 1 unspecified atom stereocenters. The molecule has 0 saturated heterocycles. The zero-order valence-corrected chi connectivity index (χ0v) is 6.48. The number of nitrogens with zero attached hydrogens (tertiary/aromatic N) is 1. The van der Waals surface area contributed by atoms with Crippen molar-refractivity contribution in [1.29, 1.82) is 0 Å². The lowest BCUT2D eigenvalue weighted by atomic mass is 10.0. The van der Waals surface area contributed by atoms with Crippen molar-refractivity contribution < 1.29 is 4.79 Å². The van der Waals surface area contributed by atoms with Gasteiger partial charge < -0.3 is 0 Å². The molecule has 4 heteroatoms. The van der Waals surface area contributed by atoms with E-state index in [1.165, 1.54) is 0 Å². The molecule has 0 fully saturated rings. The first-order valence-corrected chi connectivity index (χ1v) is 3.69. The number of carbonyl (C=O) groups is 1. The summed E-state index contributed by atoms with van der Waals surface area (Å²) in [6.45, 7) is 1.83. The zero-order valence-electron chi connectivity index (χ0n) is 5.72. The van der Waals surface area contributed by atoms with Crippen LogP contribution >= 0.6 is 11.6 Å². The van der Waals surface area contributed by atoms with Crippen molar-refractivity contribution in [2.75, 3.05) is 5.88 Å². The maximum absolute atomic E-state index is 10.9. The fourth-order valence-electron chi connectivity index (χ4n) is 0.938. The van der Waals surface area contributed by atoms with Crippen molar-refractivity contribution in [3.05, 3.63) is 0 Å². The van der Waals surface area contributed by atoms with Crippen LogP contribution in [0.4, 0.5) is 0 Å². The molecule has 0 spiro atoms. The molecule has 0 aromatic rings. The van der Waals surface area contributed by atoms with Crippen LogP contribution in [0, 0.1) is 5.92 Å². The Morgan fingerprint density at radius 1 is 1.80 bits per heavy atom. The lowest BCUT2D eigenvalue weighted by molar-refractivity contribution is -0.122. The average molecular weight is 161 g/mol. The first-order chi connectivity index (χ1) is 4.75. The quantitative estimate of drug-likeness (QED) is 0.595. The highest BCUT2D eigenvalue weighted by Crippen LogP contribution is 2.11. The fourth-order valence-corrected chi connectivity index (χ4v) is 1.16. The smallest absolute Gasteiger partial charge is 0.248 e. The second kappa shape index (κ2) is 3.01. The summed E-state index contributed by atoms with van der Waals surface area (Å²) in [5.74, 6) is 0.390. The molecule has 1 aliphatic heterocycles. The summed E-state index contributed by atoms with van der Waals surface area (Å²) < 4.78 is 0. The van der Waals surface area contributed by atoms with E-state index in [1.54, 1.807) is 0 Å². The van der Waals surface area contributed by atoms with E-state index in [0.29, 0.717) is 12.3 Å². The fraction of sp³-hybridized carbons (Fsp3) is 0.667. The number of hydrogen-bond donors (Lipinski definition) is 1. The molecule has 1 rings (SSSR count). The van der Waals surface area contributed by atoms with Crippen LogP contribution in [0.25, 0.3) is 0 Å². The summed E-state index contributed by atoms with van der Waals surface area (Å²) >= 11 is 5.48. The van der Waals surface area contributed by atoms with Gasteiger partial charge in [-0.3, -0.25) is 4.79 Å². The molecule has 0 saturated carbocycles. The topological polar surface area (TPSA) is 41.5 Å². The standard InChI is InChI=1S/C6H9ClN2O/c1-4-5(2-3-7)6(10)9-8-4/h5H,2-3H2,1H3,(H,9,10). The number of nitrogens with one attached hydrogen (secondary N) is 1. The highest BCUT2D eigenvalue weighted by atomic mass is 35.5. The zero-order chi connectivity index (χ0) is 7.56. The molecule has 0 aromatic carbocycles. The van der Waals surface area contributed by atoms with Gasteiger partial charge in [-0.2, -0.15) is 5.10 Å². The minimum atomic E-state index is -0.0856. The maximum atomic E-state index is 10.9. The van der Waals surface area contributed by atoms with Crippen LogP contribution in [0.1, 0.15) is 13.3 Å². The molecule has 1 amide bonds. The predicted molar refractivity (Wildman–Crippen MR) is 40.1 cm³/mol. The molecule has 10 heavy (non-hydrogen) atoms. The Morgan fingerprint density at radius 2 is 2.50 bits per heavy atom. The predicted octanol–water partition coefficient (Wildman–Crippen LogP) is 0.737. The second-order valence-electron chi connectivity index (χ2n) is 2.26. The Balaban J connectivity index is 2.56. The minimum Gasteiger partial charge on any atom is -0.272 e. The molecule has 0 bridgehead atoms. The Bertz CT molecular complexity index is 179. The Morgan fingerprint density at radius 3 is 2.90 bits per heavy atom. The number of hydrazone groups is 1. The van der Waals surface area contributed by atoms with E-state index in [4.69, 9.17) is 11.6 Å². The third kappa shape index (κ3) is 1.29. The van der Waals surface area contributed by atoms with E-state index in [0.717, 1.165) is 5.71 Å². The van der Waals surface area contributed by atoms with E-state index < -0.39 is 0 Å². The van der Waals surface area contributed by atoms with Gasteiger partial charge in [-0.15, -0.1) is 11.6 Å². The van der Waals surface area contributed by atoms with Crippen molar-refractivity contribution in [1.82, 2.24) is 5.43 Å². The van der Waals surface area contributed by atoms with Crippen molar-refractivity contribution >= 4 is 23.2 Å². The van der Waals surface area contributed by atoms with E-state index in [2.05, 4.69) is 10.5 Å². The molecule has 1 N–H and O–H groups in total. The Hall–Kier alpha value is -0.570. The van der Waals surface area contributed by atoms with E-state index in [-0.39, 0.29) is 11.8 Å². The van der Waals surface area contributed by atoms with Crippen LogP contribution in [0.2, 0.25) is 0 Å². The van der Waals surface area contributed by atoms with Gasteiger partial charge >= 0.3 is 0 Å². The van der Waals surface area contributed by atoms with E-state index in [1.807, 2.05) is 6.92 Å². The first kappa shape index (κ1) is 7.54. The monoisotopic (exact) mass is 160 g/mol. The number of alkyl halides is 1. The summed E-state index contributed by atoms with van der Waals surface area (Å²) in [6, 6.07) is 0. The van der Waals surface area contributed by atoms with Gasteiger partial charge in [0.25, 0.3) is 0 Å². The Labute approximate surface area is 64.4 Å². The first-order valence-electron chi connectivity index (χ1n) is 3.15. The number of halogens is 1. The molecule has 56 valence electrons. The molecular weight excluding hydrogens is 152 g/mol. The van der Waals surface area contributed by atoms with E-state index >= 15 is 0 Å². The second-order valence-corrected chi connectivity index (χ2v) is 2.64. The Kier molecular flexibility index (Phi) is 2.27. The third-order valence-electron chi connectivity index (χ3n) is 1.56. The summed E-state index contributed by atoms with van der Waals surface area (Å²) in [7, 11) is 0. The number of hydrogen-bond acceptors (Lipinski definition) is 2. The number of amides is 1. The summed E-state index contributed by atoms with van der Waals surface area (Å²) in [5.41, 5.74) is 3.23. The molecule has 0 aromatic heterocycles. The molecule has 0 aliphatic carbocycles. The number of carbonyl (C=O) groups excluding carboxylic acids is 1. The van der Waals surface area contributed by atoms with E-state index in [9.17, 15) is 4.79 Å². The van der Waals surface area contributed by atoms with Crippen molar-refractivity contribution in [2.45, 2.75) is 13.3 Å². The van der Waals surface area contributed by atoms with Gasteiger partial charge in [0.1, 0.15) is 0 Å². The summed E-state index contributed by atoms with van der Waals surface area (Å²) in [5, 5.41) is 3.78. The van der Waals surface area contributed by atoms with Gasteiger partial charge in [0.15, 0.2) is 0 Å².